The number of benzene rings is 2. The Bertz CT molecular complexity index is 859. The Morgan fingerprint density at radius 3 is 2.41 bits per heavy atom. The Kier molecular flexibility index (Phi) is 5.87. The molecule has 144 valence electrons. The molecule has 2 aromatic carbocycles. The summed E-state index contributed by atoms with van der Waals surface area (Å²) in [6.45, 7) is 6.56. The molecule has 0 spiro atoms. The van der Waals surface area contributed by atoms with Crippen LogP contribution in [-0.4, -0.2) is 18.0 Å². The maximum Gasteiger partial charge on any atom is 0.255 e. The number of halogens is 2. The number of hydrogen-bond acceptors (Lipinski definition) is 3. The SMILES string of the molecule is Cc1cc(N)c(NC(=O)c2ccc(Cl)c(Cl)c2)cc1N1[C@@H](C)CCC[C@@H]1C. The normalized spacial score (nSPS) is 19.8. The molecular weight excluding hydrogens is 381 g/mol. The van der Waals surface area contributed by atoms with Crippen LogP contribution in [0.2, 0.25) is 10.0 Å². The summed E-state index contributed by atoms with van der Waals surface area (Å²) in [7, 11) is 0. The number of piperidine rings is 1. The molecule has 2 aromatic rings. The molecule has 0 saturated carbocycles. The van der Waals surface area contributed by atoms with Gasteiger partial charge in [-0.3, -0.25) is 4.79 Å². The lowest BCUT2D eigenvalue weighted by Crippen LogP contribution is -2.44. The number of nitrogens with one attached hydrogen (secondary N) is 1. The summed E-state index contributed by atoms with van der Waals surface area (Å²) in [5, 5.41) is 3.68. The van der Waals surface area contributed by atoms with Crippen molar-refractivity contribution in [2.75, 3.05) is 16.0 Å². The number of nitrogens with two attached hydrogens (primary N) is 1. The molecule has 0 radical (unpaired) electrons. The lowest BCUT2D eigenvalue weighted by Gasteiger charge is -2.42. The maximum atomic E-state index is 12.6. The Morgan fingerprint density at radius 1 is 1.11 bits per heavy atom. The molecule has 1 heterocycles. The van der Waals surface area contributed by atoms with Gasteiger partial charge in [-0.1, -0.05) is 23.2 Å². The molecule has 0 aromatic heterocycles. The minimum absolute atomic E-state index is 0.269. The third-order valence-electron chi connectivity index (χ3n) is 5.27. The van der Waals surface area contributed by atoms with Crippen molar-refractivity contribution in [3.05, 3.63) is 51.5 Å². The largest absolute Gasteiger partial charge is 0.397 e. The Labute approximate surface area is 170 Å². The summed E-state index contributed by atoms with van der Waals surface area (Å²) in [5.41, 5.74) is 10.0. The fourth-order valence-electron chi connectivity index (χ4n) is 3.83. The molecule has 1 aliphatic heterocycles. The highest BCUT2D eigenvalue weighted by molar-refractivity contribution is 6.42. The van der Waals surface area contributed by atoms with Crippen molar-refractivity contribution in [1.82, 2.24) is 0 Å². The number of rotatable bonds is 3. The number of carbonyl (C=O) groups is 1. The number of aryl methyl sites for hydroxylation is 1. The van der Waals surface area contributed by atoms with Gasteiger partial charge in [-0.05, 0) is 75.9 Å². The lowest BCUT2D eigenvalue weighted by atomic mass is 9.95. The van der Waals surface area contributed by atoms with Crippen LogP contribution < -0.4 is 16.0 Å². The fraction of sp³-hybridized carbons (Fsp3) is 0.381. The second-order valence-electron chi connectivity index (χ2n) is 7.35. The monoisotopic (exact) mass is 405 g/mol. The van der Waals surface area contributed by atoms with Gasteiger partial charge in [0.2, 0.25) is 0 Å². The zero-order chi connectivity index (χ0) is 19.7. The van der Waals surface area contributed by atoms with Crippen LogP contribution in [0.1, 0.15) is 49.0 Å². The van der Waals surface area contributed by atoms with Crippen LogP contribution in [0.4, 0.5) is 17.1 Å². The van der Waals surface area contributed by atoms with Crippen LogP contribution in [0.15, 0.2) is 30.3 Å². The van der Waals surface area contributed by atoms with Crippen LogP contribution >= 0.6 is 23.2 Å². The minimum Gasteiger partial charge on any atom is -0.397 e. The molecule has 1 fully saturated rings. The molecule has 3 N–H and O–H groups in total. The smallest absolute Gasteiger partial charge is 0.255 e. The molecule has 1 amide bonds. The first kappa shape index (κ1) is 19.8. The van der Waals surface area contributed by atoms with Gasteiger partial charge in [0.25, 0.3) is 5.91 Å². The van der Waals surface area contributed by atoms with Crippen molar-refractivity contribution < 1.29 is 4.79 Å². The molecule has 0 aliphatic carbocycles. The van der Waals surface area contributed by atoms with E-state index >= 15 is 0 Å². The lowest BCUT2D eigenvalue weighted by molar-refractivity contribution is 0.102. The Balaban J connectivity index is 1.91. The molecule has 0 bridgehead atoms. The first-order valence-corrected chi connectivity index (χ1v) is 9.98. The number of carbonyl (C=O) groups excluding carboxylic acids is 1. The second-order valence-corrected chi connectivity index (χ2v) is 8.16. The number of anilines is 3. The van der Waals surface area contributed by atoms with E-state index < -0.39 is 0 Å². The average molecular weight is 406 g/mol. The molecule has 2 atom stereocenters. The van der Waals surface area contributed by atoms with Gasteiger partial charge in [0, 0.05) is 23.3 Å². The van der Waals surface area contributed by atoms with Gasteiger partial charge in [-0.15, -0.1) is 0 Å². The van der Waals surface area contributed by atoms with Crippen LogP contribution in [0.3, 0.4) is 0 Å². The number of hydrogen-bond donors (Lipinski definition) is 2. The van der Waals surface area contributed by atoms with Gasteiger partial charge >= 0.3 is 0 Å². The van der Waals surface area contributed by atoms with E-state index in [4.69, 9.17) is 28.9 Å². The first-order valence-electron chi connectivity index (χ1n) is 9.22. The van der Waals surface area contributed by atoms with E-state index in [1.165, 1.54) is 19.3 Å². The summed E-state index contributed by atoms with van der Waals surface area (Å²) in [4.78, 5) is 15.1. The zero-order valence-corrected chi connectivity index (χ0v) is 17.4. The quantitative estimate of drug-likeness (QED) is 0.624. The molecule has 6 heteroatoms. The van der Waals surface area contributed by atoms with E-state index in [1.54, 1.807) is 18.2 Å². The van der Waals surface area contributed by atoms with E-state index in [-0.39, 0.29) is 5.91 Å². The summed E-state index contributed by atoms with van der Waals surface area (Å²) in [6.07, 6.45) is 3.58. The second kappa shape index (κ2) is 7.99. The fourth-order valence-corrected chi connectivity index (χ4v) is 4.13. The Morgan fingerprint density at radius 2 is 1.78 bits per heavy atom. The summed E-state index contributed by atoms with van der Waals surface area (Å²) >= 11 is 12.0. The van der Waals surface area contributed by atoms with Gasteiger partial charge in [-0.2, -0.15) is 0 Å². The molecule has 1 aliphatic rings. The first-order chi connectivity index (χ1) is 12.8. The standard InChI is InChI=1S/C21H25Cl2N3O/c1-12-9-18(24)19(11-20(12)26-13(2)5-4-6-14(26)3)25-21(27)15-7-8-16(22)17(23)10-15/h7-11,13-14H,4-6,24H2,1-3H3,(H,25,27)/t13-,14-/m0/s1. The number of nitrogens with zero attached hydrogens (tertiary/aromatic N) is 1. The Hall–Kier alpha value is -1.91. The van der Waals surface area contributed by atoms with E-state index in [9.17, 15) is 4.79 Å². The molecule has 1 saturated heterocycles. The van der Waals surface area contributed by atoms with Gasteiger partial charge < -0.3 is 16.0 Å². The van der Waals surface area contributed by atoms with E-state index in [0.29, 0.717) is 39.1 Å². The summed E-state index contributed by atoms with van der Waals surface area (Å²) in [6, 6.07) is 9.62. The predicted molar refractivity (Wildman–Crippen MR) is 115 cm³/mol. The average Bonchev–Trinajstić information content (AvgIpc) is 2.60. The predicted octanol–water partition coefficient (Wildman–Crippen LogP) is 5.90. The zero-order valence-electron chi connectivity index (χ0n) is 15.9. The van der Waals surface area contributed by atoms with Crippen LogP contribution in [-0.2, 0) is 0 Å². The summed E-state index contributed by atoms with van der Waals surface area (Å²) < 4.78 is 0. The topological polar surface area (TPSA) is 58.4 Å². The molecule has 27 heavy (non-hydrogen) atoms. The van der Waals surface area contributed by atoms with E-state index in [0.717, 1.165) is 11.3 Å². The number of amides is 1. The van der Waals surface area contributed by atoms with Gasteiger partial charge in [0.15, 0.2) is 0 Å². The summed E-state index contributed by atoms with van der Waals surface area (Å²) in [5.74, 6) is -0.269. The van der Waals surface area contributed by atoms with E-state index in [2.05, 4.69) is 31.0 Å². The van der Waals surface area contributed by atoms with Gasteiger partial charge in [0.1, 0.15) is 0 Å². The molecule has 3 rings (SSSR count). The third kappa shape index (κ3) is 4.17. The van der Waals surface area contributed by atoms with Crippen molar-refractivity contribution in [1.29, 1.82) is 0 Å². The van der Waals surface area contributed by atoms with Crippen LogP contribution in [0, 0.1) is 6.92 Å². The van der Waals surface area contributed by atoms with Gasteiger partial charge in [-0.25, -0.2) is 0 Å². The van der Waals surface area contributed by atoms with Crippen molar-refractivity contribution in [2.45, 2.75) is 52.1 Å². The highest BCUT2D eigenvalue weighted by atomic mass is 35.5. The highest BCUT2D eigenvalue weighted by Crippen LogP contribution is 2.36. The van der Waals surface area contributed by atoms with Crippen molar-refractivity contribution in [2.24, 2.45) is 0 Å². The molecule has 4 nitrogen and oxygen atoms in total. The minimum atomic E-state index is -0.269. The van der Waals surface area contributed by atoms with Crippen LogP contribution in [0.25, 0.3) is 0 Å². The van der Waals surface area contributed by atoms with Crippen molar-refractivity contribution in [3.63, 3.8) is 0 Å². The van der Waals surface area contributed by atoms with Crippen LogP contribution in [0.5, 0.6) is 0 Å². The molecule has 0 unspecified atom stereocenters. The van der Waals surface area contributed by atoms with Gasteiger partial charge in [0.05, 0.1) is 21.4 Å². The van der Waals surface area contributed by atoms with Crippen molar-refractivity contribution >= 4 is 46.2 Å². The maximum absolute atomic E-state index is 12.6. The third-order valence-corrected chi connectivity index (χ3v) is 6.01. The molecular formula is C21H25Cl2N3O. The van der Waals surface area contributed by atoms with E-state index in [1.807, 2.05) is 12.1 Å². The highest BCUT2D eigenvalue weighted by Gasteiger charge is 2.26. The number of nitrogen functional groups attached to an aromatic ring is 1. The van der Waals surface area contributed by atoms with Crippen molar-refractivity contribution in [3.8, 4) is 0 Å².